The van der Waals surface area contributed by atoms with Crippen LogP contribution in [0.15, 0.2) is 24.4 Å². The number of rotatable bonds is 4. The van der Waals surface area contributed by atoms with Gasteiger partial charge in [0.15, 0.2) is 0 Å². The van der Waals surface area contributed by atoms with E-state index >= 15 is 0 Å². The number of carboxylic acid groups (broad SMARTS) is 1. The van der Waals surface area contributed by atoms with Crippen LogP contribution in [0.4, 0.5) is 0 Å². The molecule has 0 bridgehead atoms. The third-order valence-corrected chi connectivity index (χ3v) is 3.30. The molecule has 0 aliphatic carbocycles. The molecular weight excluding hydrogens is 240 g/mol. The molecule has 19 heavy (non-hydrogen) atoms. The molecule has 0 unspecified atom stereocenters. The molecule has 0 spiro atoms. The Hall–Kier alpha value is -2.10. The predicted octanol–water partition coefficient (Wildman–Crippen LogP) is 2.81. The fourth-order valence-electron chi connectivity index (χ4n) is 2.22. The van der Waals surface area contributed by atoms with Crippen molar-refractivity contribution < 1.29 is 9.90 Å². The van der Waals surface area contributed by atoms with Crippen molar-refractivity contribution in [1.29, 1.82) is 0 Å². The Balaban J connectivity index is 2.33. The van der Waals surface area contributed by atoms with E-state index in [1.54, 1.807) is 6.20 Å². The minimum atomic E-state index is -0.779. The largest absolute Gasteiger partial charge is 0.481 e. The van der Waals surface area contributed by atoms with Gasteiger partial charge in [-0.3, -0.25) is 4.79 Å². The molecule has 0 radical (unpaired) electrons. The first-order valence-corrected chi connectivity index (χ1v) is 6.32. The molecule has 1 aromatic carbocycles. The van der Waals surface area contributed by atoms with Gasteiger partial charge in [0.2, 0.25) is 0 Å². The topological polar surface area (TPSA) is 55.1 Å². The molecule has 1 aromatic heterocycles. The molecule has 2 rings (SSSR count). The summed E-state index contributed by atoms with van der Waals surface area (Å²) in [7, 11) is 0. The molecule has 4 nitrogen and oxygen atoms in total. The molecule has 0 saturated heterocycles. The number of hydrogen-bond donors (Lipinski definition) is 1. The lowest BCUT2D eigenvalue weighted by atomic mass is 10.1. The summed E-state index contributed by atoms with van der Waals surface area (Å²) in [5.74, 6) is -0.779. The van der Waals surface area contributed by atoms with E-state index in [4.69, 9.17) is 5.11 Å². The van der Waals surface area contributed by atoms with Crippen LogP contribution in [0.1, 0.15) is 28.8 Å². The maximum atomic E-state index is 10.6. The van der Waals surface area contributed by atoms with Crippen LogP contribution in [0.2, 0.25) is 0 Å². The van der Waals surface area contributed by atoms with E-state index in [-0.39, 0.29) is 6.42 Å². The molecular formula is C15H18N2O2. The van der Waals surface area contributed by atoms with Crippen molar-refractivity contribution in [2.45, 2.75) is 33.6 Å². The molecule has 4 heteroatoms. The summed E-state index contributed by atoms with van der Waals surface area (Å²) in [5, 5.41) is 13.1. The van der Waals surface area contributed by atoms with Gasteiger partial charge in [0.1, 0.15) is 0 Å². The number of benzene rings is 1. The van der Waals surface area contributed by atoms with Crippen molar-refractivity contribution in [2.75, 3.05) is 0 Å². The highest BCUT2D eigenvalue weighted by molar-refractivity contribution is 5.67. The number of nitrogens with zero attached hydrogens (tertiary/aromatic N) is 2. The van der Waals surface area contributed by atoms with Crippen molar-refractivity contribution in [3.63, 3.8) is 0 Å². The van der Waals surface area contributed by atoms with Crippen molar-refractivity contribution in [2.24, 2.45) is 0 Å². The Kier molecular flexibility index (Phi) is 3.69. The van der Waals surface area contributed by atoms with E-state index in [0.29, 0.717) is 6.42 Å². The summed E-state index contributed by atoms with van der Waals surface area (Å²) in [5.41, 5.74) is 5.42. The fourth-order valence-corrected chi connectivity index (χ4v) is 2.22. The summed E-state index contributed by atoms with van der Waals surface area (Å²) >= 11 is 0. The maximum absolute atomic E-state index is 10.6. The quantitative estimate of drug-likeness (QED) is 0.917. The number of carbonyl (C=O) groups is 1. The molecule has 0 atom stereocenters. The van der Waals surface area contributed by atoms with Gasteiger partial charge in [-0.2, -0.15) is 5.10 Å². The zero-order chi connectivity index (χ0) is 14.0. The first-order valence-electron chi connectivity index (χ1n) is 6.32. The minimum absolute atomic E-state index is 0.138. The van der Waals surface area contributed by atoms with E-state index in [9.17, 15) is 4.79 Å². The molecule has 1 N–H and O–H groups in total. The molecule has 0 aliphatic rings. The summed E-state index contributed by atoms with van der Waals surface area (Å²) in [6, 6.07) is 6.22. The lowest BCUT2D eigenvalue weighted by Crippen LogP contribution is -2.03. The Morgan fingerprint density at radius 2 is 2.05 bits per heavy atom. The average molecular weight is 258 g/mol. The van der Waals surface area contributed by atoms with Crippen LogP contribution < -0.4 is 0 Å². The molecule has 0 saturated carbocycles. The predicted molar refractivity (Wildman–Crippen MR) is 73.7 cm³/mol. The number of aliphatic carboxylic acids is 1. The second-order valence-corrected chi connectivity index (χ2v) is 4.85. The number of aryl methyl sites for hydroxylation is 3. The third-order valence-electron chi connectivity index (χ3n) is 3.30. The normalized spacial score (nSPS) is 10.7. The summed E-state index contributed by atoms with van der Waals surface area (Å²) in [4.78, 5) is 10.6. The second kappa shape index (κ2) is 5.26. The van der Waals surface area contributed by atoms with Crippen molar-refractivity contribution in [3.05, 3.63) is 46.8 Å². The lowest BCUT2D eigenvalue weighted by molar-refractivity contribution is -0.136. The Morgan fingerprint density at radius 3 is 2.68 bits per heavy atom. The molecule has 0 amide bonds. The Bertz CT molecular complexity index is 615. The molecule has 0 fully saturated rings. The third kappa shape index (κ3) is 2.84. The highest BCUT2D eigenvalue weighted by Crippen LogP contribution is 2.19. The van der Waals surface area contributed by atoms with E-state index < -0.39 is 5.97 Å². The van der Waals surface area contributed by atoms with E-state index in [1.165, 1.54) is 5.56 Å². The fraction of sp³-hybridized carbons (Fsp3) is 0.333. The highest BCUT2D eigenvalue weighted by Gasteiger charge is 2.11. The number of hydrogen-bond acceptors (Lipinski definition) is 2. The number of aromatic nitrogens is 2. The summed E-state index contributed by atoms with van der Waals surface area (Å²) < 4.78 is 1.88. The van der Waals surface area contributed by atoms with Crippen molar-refractivity contribution >= 4 is 5.97 Å². The zero-order valence-electron chi connectivity index (χ0n) is 11.5. The SMILES string of the molecule is Cc1ccc(-n2ncc(CCC(=O)O)c2C)c(C)c1. The molecule has 0 aliphatic heterocycles. The molecule has 1 heterocycles. The van der Waals surface area contributed by atoms with E-state index in [2.05, 4.69) is 31.1 Å². The highest BCUT2D eigenvalue weighted by atomic mass is 16.4. The Labute approximate surface area is 112 Å². The van der Waals surface area contributed by atoms with Crippen molar-refractivity contribution in [3.8, 4) is 5.69 Å². The van der Waals surface area contributed by atoms with Gasteiger partial charge in [0.05, 0.1) is 11.9 Å². The first-order chi connectivity index (χ1) is 8.99. The van der Waals surface area contributed by atoms with Gasteiger partial charge in [0.25, 0.3) is 0 Å². The van der Waals surface area contributed by atoms with Gasteiger partial charge in [-0.05, 0) is 44.4 Å². The van der Waals surface area contributed by atoms with Gasteiger partial charge in [0, 0.05) is 12.1 Å². The zero-order valence-corrected chi connectivity index (χ0v) is 11.5. The second-order valence-electron chi connectivity index (χ2n) is 4.85. The van der Waals surface area contributed by atoms with Gasteiger partial charge in [-0.25, -0.2) is 4.68 Å². The standard InChI is InChI=1S/C15H18N2O2/c1-10-4-6-14(11(2)8-10)17-12(3)13(9-16-17)5-7-15(18)19/h4,6,8-9H,5,7H2,1-3H3,(H,18,19). The lowest BCUT2D eigenvalue weighted by Gasteiger charge is -2.09. The van der Waals surface area contributed by atoms with Crippen LogP contribution in [0.3, 0.4) is 0 Å². The Morgan fingerprint density at radius 1 is 1.32 bits per heavy atom. The molecule has 100 valence electrons. The van der Waals surface area contributed by atoms with Crippen LogP contribution in [-0.4, -0.2) is 20.9 Å². The van der Waals surface area contributed by atoms with Crippen molar-refractivity contribution in [1.82, 2.24) is 9.78 Å². The first kappa shape index (κ1) is 13.3. The smallest absolute Gasteiger partial charge is 0.303 e. The molecule has 2 aromatic rings. The average Bonchev–Trinajstić information content (AvgIpc) is 2.68. The van der Waals surface area contributed by atoms with Crippen LogP contribution in [0, 0.1) is 20.8 Å². The van der Waals surface area contributed by atoms with Crippen LogP contribution in [-0.2, 0) is 11.2 Å². The summed E-state index contributed by atoms with van der Waals surface area (Å²) in [6.07, 6.45) is 2.42. The monoisotopic (exact) mass is 258 g/mol. The van der Waals surface area contributed by atoms with Gasteiger partial charge >= 0.3 is 5.97 Å². The number of carboxylic acids is 1. The van der Waals surface area contributed by atoms with Gasteiger partial charge in [-0.15, -0.1) is 0 Å². The van der Waals surface area contributed by atoms with Crippen LogP contribution >= 0.6 is 0 Å². The van der Waals surface area contributed by atoms with Crippen LogP contribution in [0.5, 0.6) is 0 Å². The van der Waals surface area contributed by atoms with E-state index in [1.807, 2.05) is 17.7 Å². The minimum Gasteiger partial charge on any atom is -0.481 e. The van der Waals surface area contributed by atoms with E-state index in [0.717, 1.165) is 22.5 Å². The van der Waals surface area contributed by atoms with Gasteiger partial charge < -0.3 is 5.11 Å². The maximum Gasteiger partial charge on any atom is 0.303 e. The van der Waals surface area contributed by atoms with Crippen LogP contribution in [0.25, 0.3) is 5.69 Å². The van der Waals surface area contributed by atoms with Gasteiger partial charge in [-0.1, -0.05) is 17.7 Å². The summed E-state index contributed by atoms with van der Waals surface area (Å²) in [6.45, 7) is 6.09.